The van der Waals surface area contributed by atoms with Gasteiger partial charge in [0, 0.05) is 23.4 Å². The Morgan fingerprint density at radius 2 is 1.67 bits per heavy atom. The molecule has 6 aliphatic rings. The number of carbonyl (C=O) groups is 4. The molecule has 5 saturated carbocycles. The highest BCUT2D eigenvalue weighted by molar-refractivity contribution is 6.01. The summed E-state index contributed by atoms with van der Waals surface area (Å²) in [5, 5.41) is 12.9. The summed E-state index contributed by atoms with van der Waals surface area (Å²) in [5.41, 5.74) is 1.13. The number of ketones is 1. The van der Waals surface area contributed by atoms with Crippen molar-refractivity contribution < 1.29 is 29.0 Å². The van der Waals surface area contributed by atoms with Crippen LogP contribution in [0.25, 0.3) is 0 Å². The predicted octanol–water partition coefficient (Wildman–Crippen LogP) is 9.14. The summed E-state index contributed by atoms with van der Waals surface area (Å²) >= 11 is 0. The van der Waals surface area contributed by atoms with E-state index in [0.717, 1.165) is 75.5 Å². The molecule has 6 aliphatic carbocycles. The highest BCUT2D eigenvalue weighted by Crippen LogP contribution is 2.77. The summed E-state index contributed by atoms with van der Waals surface area (Å²) in [5.74, 6) is -0.0170. The van der Waals surface area contributed by atoms with Crippen LogP contribution in [0.15, 0.2) is 47.7 Å². The molecule has 5 fully saturated rings. The number of rotatable bonds is 9. The number of carboxylic acids is 1. The lowest BCUT2D eigenvalue weighted by atomic mass is 9.33. The lowest BCUT2D eigenvalue weighted by Gasteiger charge is -2.72. The van der Waals surface area contributed by atoms with E-state index >= 15 is 0 Å². The number of carbonyl (C=O) groups excluding carboxylic acids is 3. The molecular weight excluding hydrogens is 677 g/mol. The maximum absolute atomic E-state index is 14.1. The highest BCUT2D eigenvalue weighted by Gasteiger charge is 2.70. The number of esters is 1. The van der Waals surface area contributed by atoms with E-state index in [9.17, 15) is 24.3 Å². The van der Waals surface area contributed by atoms with E-state index in [-0.39, 0.29) is 57.7 Å². The molecule has 8 heteroatoms. The normalized spacial score (nSPS) is 37.9. The standard InChI is InChI=1S/C46H64N2O6/c1-28(2)37-30(49)26-45(20-17-35(50)48-46(23-24-46)33-12-10-11-25-47-33)22-21-43(8)29(38(37)45)13-14-32-42(7)18-16-34(54-36(51)27-40(3,4)39(52)53)41(5,6)31(42)15-19-44(32,43)9/h10-12,17,20,25,28-29,31-32,34H,13-16,18-19,21-24,26-27H2,1-9H3,(H,48,50)(H,52,53)/b20-17+/t29-,31+,32-,34+,42?,43-,44-,45+/m1/s1. The first-order valence-corrected chi connectivity index (χ1v) is 20.8. The molecule has 7 rings (SSSR count). The average molecular weight is 741 g/mol. The van der Waals surface area contributed by atoms with Gasteiger partial charge in [0.25, 0.3) is 0 Å². The molecule has 0 aliphatic heterocycles. The van der Waals surface area contributed by atoms with Crippen LogP contribution in [0.5, 0.6) is 0 Å². The Morgan fingerprint density at radius 1 is 0.944 bits per heavy atom. The van der Waals surface area contributed by atoms with E-state index < -0.39 is 28.3 Å². The first-order valence-electron chi connectivity index (χ1n) is 20.8. The van der Waals surface area contributed by atoms with Crippen molar-refractivity contribution in [1.82, 2.24) is 10.3 Å². The van der Waals surface area contributed by atoms with Crippen LogP contribution in [0.1, 0.15) is 145 Å². The van der Waals surface area contributed by atoms with Gasteiger partial charge in [0.1, 0.15) is 6.10 Å². The molecule has 1 aromatic heterocycles. The number of carboxylic acid groups (broad SMARTS) is 1. The van der Waals surface area contributed by atoms with Crippen LogP contribution in [0.3, 0.4) is 0 Å². The smallest absolute Gasteiger partial charge is 0.309 e. The molecule has 2 N–H and O–H groups in total. The fourth-order valence-electron chi connectivity index (χ4n) is 13.4. The zero-order valence-corrected chi connectivity index (χ0v) is 34.3. The van der Waals surface area contributed by atoms with E-state index in [4.69, 9.17) is 4.74 Å². The number of aliphatic carboxylic acids is 1. The molecule has 1 amide bonds. The lowest BCUT2D eigenvalue weighted by Crippen LogP contribution is -2.65. The quantitative estimate of drug-likeness (QED) is 0.191. The minimum absolute atomic E-state index is 0.00346. The minimum atomic E-state index is -1.17. The van der Waals surface area contributed by atoms with E-state index in [0.29, 0.717) is 18.3 Å². The summed E-state index contributed by atoms with van der Waals surface area (Å²) in [6.45, 7) is 19.6. The van der Waals surface area contributed by atoms with Gasteiger partial charge in [0.05, 0.1) is 23.1 Å². The van der Waals surface area contributed by atoms with Gasteiger partial charge >= 0.3 is 11.9 Å². The molecule has 1 aromatic rings. The van der Waals surface area contributed by atoms with Crippen LogP contribution < -0.4 is 5.32 Å². The van der Waals surface area contributed by atoms with E-state index in [1.807, 2.05) is 18.2 Å². The van der Waals surface area contributed by atoms with Crippen LogP contribution in [0.2, 0.25) is 0 Å². The zero-order valence-electron chi connectivity index (χ0n) is 34.3. The van der Waals surface area contributed by atoms with Gasteiger partial charge in [-0.05, 0) is 147 Å². The Bertz CT molecular complexity index is 1790. The third-order valence-corrected chi connectivity index (χ3v) is 16.7. The van der Waals surface area contributed by atoms with Crippen molar-refractivity contribution in [1.29, 1.82) is 0 Å². The Kier molecular flexibility index (Phi) is 9.29. The van der Waals surface area contributed by atoms with Crippen molar-refractivity contribution in [2.24, 2.45) is 56.2 Å². The van der Waals surface area contributed by atoms with Gasteiger partial charge in [-0.1, -0.05) is 60.6 Å². The monoisotopic (exact) mass is 740 g/mol. The van der Waals surface area contributed by atoms with E-state index in [2.05, 4.69) is 64.8 Å². The van der Waals surface area contributed by atoms with Crippen LogP contribution in [-0.4, -0.2) is 39.8 Å². The Balaban J connectivity index is 1.15. The van der Waals surface area contributed by atoms with Gasteiger partial charge in [0.2, 0.25) is 5.91 Å². The van der Waals surface area contributed by atoms with Gasteiger partial charge < -0.3 is 15.2 Å². The fourth-order valence-corrected chi connectivity index (χ4v) is 13.4. The molecule has 1 heterocycles. The number of amides is 1. The summed E-state index contributed by atoms with van der Waals surface area (Å²) in [6, 6.07) is 5.85. The predicted molar refractivity (Wildman–Crippen MR) is 208 cm³/mol. The van der Waals surface area contributed by atoms with Crippen LogP contribution in [0.4, 0.5) is 0 Å². The third-order valence-electron chi connectivity index (χ3n) is 16.7. The maximum Gasteiger partial charge on any atom is 0.309 e. The molecule has 1 unspecified atom stereocenters. The van der Waals surface area contributed by atoms with Gasteiger partial charge in [0.15, 0.2) is 5.78 Å². The van der Waals surface area contributed by atoms with Crippen molar-refractivity contribution in [3.8, 4) is 0 Å². The molecule has 0 radical (unpaired) electrons. The van der Waals surface area contributed by atoms with Crippen molar-refractivity contribution >= 4 is 23.6 Å². The van der Waals surface area contributed by atoms with Crippen LogP contribution in [0, 0.1) is 56.2 Å². The number of nitrogens with one attached hydrogen (secondary N) is 1. The molecule has 0 bridgehead atoms. The largest absolute Gasteiger partial charge is 0.481 e. The van der Waals surface area contributed by atoms with Crippen LogP contribution in [-0.2, 0) is 29.5 Å². The lowest BCUT2D eigenvalue weighted by molar-refractivity contribution is -0.232. The number of pyridine rings is 1. The number of hydrogen-bond acceptors (Lipinski definition) is 6. The fraction of sp³-hybridized carbons (Fsp3) is 0.717. The highest BCUT2D eigenvalue weighted by atomic mass is 16.5. The molecular formula is C46H64N2O6. The summed E-state index contributed by atoms with van der Waals surface area (Å²) in [7, 11) is 0. The molecule has 54 heavy (non-hydrogen) atoms. The molecule has 0 spiro atoms. The van der Waals surface area contributed by atoms with Crippen molar-refractivity contribution in [3.05, 3.63) is 53.4 Å². The number of nitrogens with zero attached hydrogens (tertiary/aromatic N) is 1. The van der Waals surface area contributed by atoms with Crippen molar-refractivity contribution in [2.75, 3.05) is 0 Å². The number of fused-ring (bicyclic) bond motifs is 7. The topological polar surface area (TPSA) is 123 Å². The van der Waals surface area contributed by atoms with Crippen molar-refractivity contribution in [3.63, 3.8) is 0 Å². The average Bonchev–Trinajstić information content (AvgIpc) is 3.80. The summed E-state index contributed by atoms with van der Waals surface area (Å²) in [4.78, 5) is 57.1. The third kappa shape index (κ3) is 5.85. The second-order valence-corrected chi connectivity index (χ2v) is 20.7. The number of aromatic nitrogens is 1. The number of ether oxygens (including phenoxy) is 1. The van der Waals surface area contributed by atoms with Gasteiger partial charge in [-0.2, -0.15) is 0 Å². The second-order valence-electron chi connectivity index (χ2n) is 20.7. The molecule has 0 aromatic carbocycles. The molecule has 8 atom stereocenters. The van der Waals surface area contributed by atoms with Crippen molar-refractivity contribution in [2.45, 2.75) is 151 Å². The van der Waals surface area contributed by atoms with Gasteiger partial charge in [-0.25, -0.2) is 0 Å². The molecule has 8 nitrogen and oxygen atoms in total. The summed E-state index contributed by atoms with van der Waals surface area (Å²) < 4.78 is 6.17. The Hall–Kier alpha value is -3.29. The summed E-state index contributed by atoms with van der Waals surface area (Å²) in [6.07, 6.45) is 15.4. The first-order chi connectivity index (χ1) is 25.2. The van der Waals surface area contributed by atoms with E-state index in [1.165, 1.54) is 5.57 Å². The number of hydrogen-bond donors (Lipinski definition) is 2. The second kappa shape index (κ2) is 12.9. The SMILES string of the molecule is CC(C)C1=C2[C@H]3CC[C@@H]4C5(C)CC[C@H](OC(=O)CC(C)(C)C(=O)O)C(C)(C)[C@@H]5CC[C@@]4(C)[C@]3(C)CC[C@@]2(/C=C/C(=O)NC2(c3ccccn3)CC2)CC1=O. The zero-order chi connectivity index (χ0) is 39.3. The Labute approximate surface area is 322 Å². The molecule has 0 saturated heterocycles. The van der Waals surface area contributed by atoms with Gasteiger partial charge in [-0.15, -0.1) is 0 Å². The number of Topliss-reactive ketones (excluding diaryl/α,β-unsaturated/α-hetero) is 1. The van der Waals surface area contributed by atoms with E-state index in [1.54, 1.807) is 26.1 Å². The first kappa shape index (κ1) is 39.0. The Morgan fingerprint density at radius 3 is 2.30 bits per heavy atom. The van der Waals surface area contributed by atoms with Crippen LogP contribution >= 0.6 is 0 Å². The molecule has 294 valence electrons. The number of allylic oxidation sites excluding steroid dienone is 3. The maximum atomic E-state index is 14.1. The van der Waals surface area contributed by atoms with Gasteiger partial charge in [-0.3, -0.25) is 24.2 Å². The minimum Gasteiger partial charge on any atom is -0.481 e.